The number of piperidine rings is 3. The van der Waals surface area contributed by atoms with Crippen molar-refractivity contribution in [3.63, 3.8) is 0 Å². The molecule has 3 fully saturated rings. The number of carbonyl (C=O) groups is 1. The number of aromatic nitrogens is 1. The van der Waals surface area contributed by atoms with Crippen LogP contribution in [0, 0.1) is 5.92 Å². The van der Waals surface area contributed by atoms with Crippen LogP contribution in [-0.2, 0) is 0 Å². The first-order valence-corrected chi connectivity index (χ1v) is 10.1. The molecule has 24 heavy (non-hydrogen) atoms. The molecule has 0 spiro atoms. The van der Waals surface area contributed by atoms with Crippen molar-refractivity contribution in [2.75, 3.05) is 19.6 Å². The normalized spacial score (nSPS) is 25.6. The molecule has 2 aromatic heterocycles. The number of halogens is 1. The van der Waals surface area contributed by atoms with E-state index in [1.807, 2.05) is 24.3 Å². The number of hydrogen-bond donors (Lipinski definition) is 1. The van der Waals surface area contributed by atoms with Crippen LogP contribution in [0.4, 0.5) is 0 Å². The Labute approximate surface area is 154 Å². The second-order valence-corrected chi connectivity index (χ2v) is 9.03. The van der Waals surface area contributed by atoms with Crippen molar-refractivity contribution in [1.82, 2.24) is 15.2 Å². The predicted molar refractivity (Wildman–Crippen MR) is 98.1 cm³/mol. The van der Waals surface area contributed by atoms with Crippen molar-refractivity contribution < 1.29 is 4.79 Å². The summed E-state index contributed by atoms with van der Waals surface area (Å²) in [6, 6.07) is 9.73. The Bertz CT molecular complexity index is 743. The third-order valence-corrected chi connectivity index (χ3v) is 7.04. The zero-order chi connectivity index (χ0) is 16.5. The van der Waals surface area contributed by atoms with E-state index >= 15 is 0 Å². The lowest BCUT2D eigenvalue weighted by Gasteiger charge is -2.44. The number of pyridine rings is 1. The van der Waals surface area contributed by atoms with Crippen LogP contribution in [0.2, 0.25) is 5.15 Å². The van der Waals surface area contributed by atoms with Crippen LogP contribution in [0.25, 0.3) is 0 Å². The quantitative estimate of drug-likeness (QED) is 0.821. The molecule has 1 unspecified atom stereocenters. The van der Waals surface area contributed by atoms with Gasteiger partial charge in [0.05, 0.1) is 9.09 Å². The number of fused-ring (bicyclic) bond motifs is 3. The van der Waals surface area contributed by atoms with Gasteiger partial charge < -0.3 is 10.2 Å². The minimum atomic E-state index is 0.0460. The van der Waals surface area contributed by atoms with Crippen molar-refractivity contribution >= 4 is 40.6 Å². The molecule has 126 valence electrons. The van der Waals surface area contributed by atoms with Gasteiger partial charge in [-0.2, -0.15) is 0 Å². The summed E-state index contributed by atoms with van der Waals surface area (Å²) < 4.78 is 1.05. The molecular weight excluding hydrogens is 362 g/mol. The maximum Gasteiger partial charge on any atom is 0.261 e. The smallest absolute Gasteiger partial charge is 0.261 e. The van der Waals surface area contributed by atoms with Crippen LogP contribution in [-0.4, -0.2) is 41.5 Å². The largest absolute Gasteiger partial charge is 0.347 e. The molecule has 0 saturated carbocycles. The van der Waals surface area contributed by atoms with Gasteiger partial charge in [-0.05, 0) is 56.1 Å². The van der Waals surface area contributed by atoms with E-state index in [0.29, 0.717) is 17.1 Å². The van der Waals surface area contributed by atoms with Crippen molar-refractivity contribution in [2.45, 2.75) is 28.1 Å². The van der Waals surface area contributed by atoms with Gasteiger partial charge in [-0.1, -0.05) is 29.4 Å². The molecule has 5 heterocycles. The van der Waals surface area contributed by atoms with Crippen LogP contribution in [0.1, 0.15) is 22.5 Å². The number of nitrogens with one attached hydrogen (secondary N) is 1. The summed E-state index contributed by atoms with van der Waals surface area (Å²) in [6.07, 6.45) is 2.41. The first-order chi connectivity index (χ1) is 11.7. The molecule has 0 radical (unpaired) electrons. The topological polar surface area (TPSA) is 45.2 Å². The zero-order valence-electron chi connectivity index (χ0n) is 13.1. The van der Waals surface area contributed by atoms with Gasteiger partial charge in [0.2, 0.25) is 0 Å². The van der Waals surface area contributed by atoms with E-state index in [1.165, 1.54) is 49.0 Å². The fourth-order valence-corrected chi connectivity index (χ4v) is 5.59. The van der Waals surface area contributed by atoms with Gasteiger partial charge >= 0.3 is 0 Å². The van der Waals surface area contributed by atoms with Crippen LogP contribution in [0.15, 0.2) is 39.6 Å². The minimum absolute atomic E-state index is 0.0460. The van der Waals surface area contributed by atoms with Crippen LogP contribution < -0.4 is 5.32 Å². The molecule has 3 aliphatic rings. The van der Waals surface area contributed by atoms with Gasteiger partial charge in [0, 0.05) is 12.6 Å². The Kier molecular flexibility index (Phi) is 4.81. The Morgan fingerprint density at radius 1 is 1.29 bits per heavy atom. The van der Waals surface area contributed by atoms with Gasteiger partial charge in [-0.15, -0.1) is 11.3 Å². The average Bonchev–Trinajstić information content (AvgIpc) is 3.05. The highest BCUT2D eigenvalue weighted by Gasteiger charge is 2.35. The molecular formula is C17H18ClN3OS2. The van der Waals surface area contributed by atoms with E-state index in [2.05, 4.69) is 15.2 Å². The first kappa shape index (κ1) is 16.4. The van der Waals surface area contributed by atoms with Crippen LogP contribution in [0.3, 0.4) is 0 Å². The van der Waals surface area contributed by atoms with Crippen LogP contribution >= 0.6 is 34.7 Å². The summed E-state index contributed by atoms with van der Waals surface area (Å²) in [5.74, 6) is 0.688. The Hall–Kier alpha value is -1.08. The van der Waals surface area contributed by atoms with Crippen molar-refractivity contribution in [3.8, 4) is 0 Å². The van der Waals surface area contributed by atoms with Crippen LogP contribution in [0.5, 0.6) is 0 Å². The SMILES string of the molecule is O=C(NC1CN2CCC1CC2)c1ccc(Sc2cccc(Cl)n2)s1. The highest BCUT2D eigenvalue weighted by molar-refractivity contribution is 8.01. The van der Waals surface area contributed by atoms with E-state index in [4.69, 9.17) is 11.6 Å². The molecule has 7 heteroatoms. The minimum Gasteiger partial charge on any atom is -0.347 e. The summed E-state index contributed by atoms with van der Waals surface area (Å²) in [5.41, 5.74) is 0. The summed E-state index contributed by atoms with van der Waals surface area (Å²) in [6.45, 7) is 3.36. The van der Waals surface area contributed by atoms with E-state index in [0.717, 1.165) is 20.7 Å². The molecule has 5 rings (SSSR count). The third-order valence-electron chi connectivity index (χ3n) is 4.67. The molecule has 1 amide bonds. The lowest BCUT2D eigenvalue weighted by molar-refractivity contribution is 0.0622. The summed E-state index contributed by atoms with van der Waals surface area (Å²) in [5, 5.41) is 4.56. The second kappa shape index (κ2) is 7.04. The summed E-state index contributed by atoms with van der Waals surface area (Å²) in [4.78, 5) is 20.0. The van der Waals surface area contributed by atoms with E-state index in [9.17, 15) is 4.79 Å². The monoisotopic (exact) mass is 379 g/mol. The summed E-state index contributed by atoms with van der Waals surface area (Å²) >= 11 is 8.95. The standard InChI is InChI=1S/C17H18ClN3OS2/c18-14-2-1-3-15(20-14)24-16-5-4-13(23-16)17(22)19-12-10-21-8-6-11(12)7-9-21/h1-5,11-12H,6-10H2,(H,19,22). The number of amides is 1. The first-order valence-electron chi connectivity index (χ1n) is 8.11. The lowest BCUT2D eigenvalue weighted by Crippen LogP contribution is -2.57. The molecule has 1 atom stereocenters. The third kappa shape index (κ3) is 3.61. The molecule has 3 saturated heterocycles. The Morgan fingerprint density at radius 2 is 2.12 bits per heavy atom. The molecule has 1 N–H and O–H groups in total. The van der Waals surface area contributed by atoms with Crippen molar-refractivity contribution in [3.05, 3.63) is 40.4 Å². The number of carbonyl (C=O) groups excluding carboxylic acids is 1. The summed E-state index contributed by atoms with van der Waals surface area (Å²) in [7, 11) is 0. The Balaban J connectivity index is 1.40. The lowest BCUT2D eigenvalue weighted by atomic mass is 9.84. The molecule has 3 aliphatic heterocycles. The van der Waals surface area contributed by atoms with E-state index in [-0.39, 0.29) is 5.91 Å². The number of rotatable bonds is 4. The maximum atomic E-state index is 12.5. The van der Waals surface area contributed by atoms with E-state index in [1.54, 1.807) is 6.07 Å². The highest BCUT2D eigenvalue weighted by Crippen LogP contribution is 2.33. The van der Waals surface area contributed by atoms with Crippen molar-refractivity contribution in [1.29, 1.82) is 0 Å². The Morgan fingerprint density at radius 3 is 2.83 bits per heavy atom. The van der Waals surface area contributed by atoms with E-state index < -0.39 is 0 Å². The molecule has 4 nitrogen and oxygen atoms in total. The van der Waals surface area contributed by atoms with Gasteiger partial charge in [0.1, 0.15) is 10.2 Å². The van der Waals surface area contributed by atoms with Gasteiger partial charge in [0.25, 0.3) is 5.91 Å². The zero-order valence-corrected chi connectivity index (χ0v) is 15.5. The number of hydrogen-bond acceptors (Lipinski definition) is 5. The molecule has 2 aromatic rings. The number of nitrogens with zero attached hydrogens (tertiary/aromatic N) is 2. The fraction of sp³-hybridized carbons (Fsp3) is 0.412. The van der Waals surface area contributed by atoms with Gasteiger partial charge in [-0.3, -0.25) is 4.79 Å². The average molecular weight is 380 g/mol. The molecule has 2 bridgehead atoms. The number of thiophene rings is 1. The molecule has 0 aliphatic carbocycles. The molecule has 0 aromatic carbocycles. The van der Waals surface area contributed by atoms with Crippen molar-refractivity contribution in [2.24, 2.45) is 5.92 Å². The van der Waals surface area contributed by atoms with Gasteiger partial charge in [0.15, 0.2) is 0 Å². The highest BCUT2D eigenvalue weighted by atomic mass is 35.5. The maximum absolute atomic E-state index is 12.5. The fourth-order valence-electron chi connectivity index (χ4n) is 3.41. The predicted octanol–water partition coefficient (Wildman–Crippen LogP) is 3.77. The second-order valence-electron chi connectivity index (χ2n) is 6.24. The van der Waals surface area contributed by atoms with Gasteiger partial charge in [-0.25, -0.2) is 4.98 Å².